The standard InChI is InChI=1S/C13H20N4O3S/c1-3-6-14-12(18)11-4-7-15-13(16-11)17(2)10-5-8-21(19,20)9-10/h4,7,10H,3,5-6,8-9H2,1-2H3,(H,14,18). The van der Waals surface area contributed by atoms with Gasteiger partial charge in [-0.15, -0.1) is 0 Å². The molecule has 2 rings (SSSR count). The summed E-state index contributed by atoms with van der Waals surface area (Å²) in [6, 6.07) is 1.41. The fourth-order valence-electron chi connectivity index (χ4n) is 2.22. The minimum Gasteiger partial charge on any atom is -0.351 e. The Labute approximate surface area is 124 Å². The number of carbonyl (C=O) groups is 1. The van der Waals surface area contributed by atoms with E-state index in [2.05, 4.69) is 15.3 Å². The van der Waals surface area contributed by atoms with Gasteiger partial charge in [0.05, 0.1) is 11.5 Å². The van der Waals surface area contributed by atoms with Crippen molar-refractivity contribution in [2.24, 2.45) is 0 Å². The lowest BCUT2D eigenvalue weighted by atomic mass is 10.2. The minimum atomic E-state index is -2.96. The third-order valence-electron chi connectivity index (χ3n) is 3.48. The molecule has 1 N–H and O–H groups in total. The number of carbonyl (C=O) groups excluding carboxylic acids is 1. The molecule has 0 radical (unpaired) electrons. The zero-order valence-electron chi connectivity index (χ0n) is 12.2. The van der Waals surface area contributed by atoms with Gasteiger partial charge in [0.2, 0.25) is 5.95 Å². The van der Waals surface area contributed by atoms with E-state index < -0.39 is 9.84 Å². The first kappa shape index (κ1) is 15.7. The summed E-state index contributed by atoms with van der Waals surface area (Å²) in [5.41, 5.74) is 0.293. The van der Waals surface area contributed by atoms with E-state index >= 15 is 0 Å². The molecule has 0 aliphatic carbocycles. The van der Waals surface area contributed by atoms with Gasteiger partial charge in [-0.1, -0.05) is 6.92 Å². The normalized spacial score (nSPS) is 20.2. The van der Waals surface area contributed by atoms with Crippen LogP contribution in [0.5, 0.6) is 0 Å². The molecule has 1 saturated heterocycles. The number of amides is 1. The first-order chi connectivity index (χ1) is 9.93. The van der Waals surface area contributed by atoms with Crippen LogP contribution in [0.15, 0.2) is 12.3 Å². The smallest absolute Gasteiger partial charge is 0.270 e. The van der Waals surface area contributed by atoms with Crippen molar-refractivity contribution in [1.29, 1.82) is 0 Å². The zero-order valence-corrected chi connectivity index (χ0v) is 13.1. The third-order valence-corrected chi connectivity index (χ3v) is 5.23. The summed E-state index contributed by atoms with van der Waals surface area (Å²) < 4.78 is 23.1. The van der Waals surface area contributed by atoms with Gasteiger partial charge in [-0.25, -0.2) is 18.4 Å². The van der Waals surface area contributed by atoms with Crippen LogP contribution in [0.1, 0.15) is 30.3 Å². The van der Waals surface area contributed by atoms with Crippen LogP contribution in [0.25, 0.3) is 0 Å². The maximum Gasteiger partial charge on any atom is 0.270 e. The van der Waals surface area contributed by atoms with E-state index in [4.69, 9.17) is 0 Å². The van der Waals surface area contributed by atoms with Crippen LogP contribution in [0, 0.1) is 0 Å². The second-order valence-electron chi connectivity index (χ2n) is 5.17. The molecule has 1 amide bonds. The van der Waals surface area contributed by atoms with E-state index in [1.807, 2.05) is 6.92 Å². The molecule has 116 valence electrons. The Balaban J connectivity index is 2.12. The van der Waals surface area contributed by atoms with E-state index in [9.17, 15) is 13.2 Å². The largest absolute Gasteiger partial charge is 0.351 e. The second kappa shape index (κ2) is 6.38. The van der Waals surface area contributed by atoms with Crippen molar-refractivity contribution in [1.82, 2.24) is 15.3 Å². The molecule has 1 fully saturated rings. The predicted octanol–water partition coefficient (Wildman–Crippen LogP) is 0.240. The Morgan fingerprint density at radius 2 is 2.29 bits per heavy atom. The molecule has 0 saturated carbocycles. The number of nitrogens with one attached hydrogen (secondary N) is 1. The zero-order chi connectivity index (χ0) is 15.5. The van der Waals surface area contributed by atoms with Gasteiger partial charge >= 0.3 is 0 Å². The quantitative estimate of drug-likeness (QED) is 0.837. The van der Waals surface area contributed by atoms with Crippen LogP contribution in [0.3, 0.4) is 0 Å². The average Bonchev–Trinajstić information content (AvgIpc) is 2.84. The van der Waals surface area contributed by atoms with Gasteiger partial charge in [0.15, 0.2) is 9.84 Å². The summed E-state index contributed by atoms with van der Waals surface area (Å²) in [6.07, 6.45) is 2.93. The SMILES string of the molecule is CCCNC(=O)c1ccnc(N(C)C2CCS(=O)(=O)C2)n1. The maximum atomic E-state index is 11.9. The Morgan fingerprint density at radius 3 is 2.90 bits per heavy atom. The molecule has 1 aromatic heterocycles. The lowest BCUT2D eigenvalue weighted by molar-refractivity contribution is 0.0948. The van der Waals surface area contributed by atoms with Crippen LogP contribution >= 0.6 is 0 Å². The van der Waals surface area contributed by atoms with Crippen molar-refractivity contribution in [3.8, 4) is 0 Å². The first-order valence-electron chi connectivity index (χ1n) is 6.97. The highest BCUT2D eigenvalue weighted by molar-refractivity contribution is 7.91. The molecule has 8 heteroatoms. The number of hydrogen-bond donors (Lipinski definition) is 1. The van der Waals surface area contributed by atoms with Crippen molar-refractivity contribution in [3.63, 3.8) is 0 Å². The number of nitrogens with zero attached hydrogens (tertiary/aromatic N) is 3. The fraction of sp³-hybridized carbons (Fsp3) is 0.615. The molecule has 0 aromatic carbocycles. The summed E-state index contributed by atoms with van der Waals surface area (Å²) >= 11 is 0. The molecule has 1 aliphatic heterocycles. The van der Waals surface area contributed by atoms with Gasteiger partial charge in [-0.05, 0) is 18.9 Å². The van der Waals surface area contributed by atoms with E-state index in [0.29, 0.717) is 24.6 Å². The summed E-state index contributed by atoms with van der Waals surface area (Å²) in [6.45, 7) is 2.56. The highest BCUT2D eigenvalue weighted by atomic mass is 32.2. The van der Waals surface area contributed by atoms with Gasteiger partial charge < -0.3 is 10.2 Å². The third kappa shape index (κ3) is 3.90. The molecule has 1 aliphatic rings. The monoisotopic (exact) mass is 312 g/mol. The summed E-state index contributed by atoms with van der Waals surface area (Å²) in [5.74, 6) is 0.437. The van der Waals surface area contributed by atoms with Gasteiger partial charge in [0.25, 0.3) is 5.91 Å². The van der Waals surface area contributed by atoms with Crippen molar-refractivity contribution in [2.75, 3.05) is 30.0 Å². The van der Waals surface area contributed by atoms with Gasteiger partial charge in [-0.3, -0.25) is 4.79 Å². The number of rotatable bonds is 5. The van der Waals surface area contributed by atoms with E-state index in [1.54, 1.807) is 18.0 Å². The molecule has 1 unspecified atom stereocenters. The Kier molecular flexibility index (Phi) is 4.76. The highest BCUT2D eigenvalue weighted by Gasteiger charge is 2.31. The molecule has 7 nitrogen and oxygen atoms in total. The van der Waals surface area contributed by atoms with E-state index in [1.165, 1.54) is 6.20 Å². The molecule has 21 heavy (non-hydrogen) atoms. The summed E-state index contributed by atoms with van der Waals surface area (Å²) in [4.78, 5) is 22.0. The molecule has 0 bridgehead atoms. The van der Waals surface area contributed by atoms with Crippen LogP contribution in [0.4, 0.5) is 5.95 Å². The van der Waals surface area contributed by atoms with Crippen molar-refractivity contribution in [2.45, 2.75) is 25.8 Å². The van der Waals surface area contributed by atoms with Gasteiger partial charge in [0, 0.05) is 25.8 Å². The number of aromatic nitrogens is 2. The average molecular weight is 312 g/mol. The molecular weight excluding hydrogens is 292 g/mol. The molecule has 1 atom stereocenters. The Hall–Kier alpha value is -1.70. The molecular formula is C13H20N4O3S. The number of anilines is 1. The second-order valence-corrected chi connectivity index (χ2v) is 7.39. The van der Waals surface area contributed by atoms with E-state index in [-0.39, 0.29) is 23.5 Å². The Morgan fingerprint density at radius 1 is 1.52 bits per heavy atom. The maximum absolute atomic E-state index is 11.9. The highest BCUT2D eigenvalue weighted by Crippen LogP contribution is 2.20. The molecule has 0 spiro atoms. The predicted molar refractivity (Wildman–Crippen MR) is 80.1 cm³/mol. The van der Waals surface area contributed by atoms with Crippen molar-refractivity contribution in [3.05, 3.63) is 18.0 Å². The Bertz CT molecular complexity index is 618. The van der Waals surface area contributed by atoms with E-state index in [0.717, 1.165) is 6.42 Å². The van der Waals surface area contributed by atoms with Crippen molar-refractivity contribution >= 4 is 21.7 Å². The lowest BCUT2D eigenvalue weighted by Gasteiger charge is -2.23. The number of hydrogen-bond acceptors (Lipinski definition) is 6. The van der Waals surface area contributed by atoms with Gasteiger partial charge in [-0.2, -0.15) is 0 Å². The lowest BCUT2D eigenvalue weighted by Crippen LogP contribution is -2.34. The van der Waals surface area contributed by atoms with Crippen LogP contribution in [0.2, 0.25) is 0 Å². The summed E-state index contributed by atoms with van der Waals surface area (Å²) in [7, 11) is -1.20. The summed E-state index contributed by atoms with van der Waals surface area (Å²) in [5, 5.41) is 2.75. The van der Waals surface area contributed by atoms with Crippen LogP contribution < -0.4 is 10.2 Å². The fourth-order valence-corrected chi connectivity index (χ4v) is 3.99. The topological polar surface area (TPSA) is 92.3 Å². The first-order valence-corrected chi connectivity index (χ1v) is 8.79. The molecule has 1 aromatic rings. The van der Waals surface area contributed by atoms with Crippen LogP contribution in [-0.4, -0.2) is 55.4 Å². The molecule has 2 heterocycles. The van der Waals surface area contributed by atoms with Crippen LogP contribution in [-0.2, 0) is 9.84 Å². The van der Waals surface area contributed by atoms with Crippen molar-refractivity contribution < 1.29 is 13.2 Å². The van der Waals surface area contributed by atoms with Gasteiger partial charge in [0.1, 0.15) is 5.69 Å². The number of sulfone groups is 1. The minimum absolute atomic E-state index is 0.110.